The lowest BCUT2D eigenvalue weighted by atomic mass is 9.81. The number of hydrazine groups is 1. The topological polar surface area (TPSA) is 105 Å². The first kappa shape index (κ1) is 20.8. The van der Waals surface area contributed by atoms with E-state index in [2.05, 4.69) is 10.9 Å². The van der Waals surface area contributed by atoms with Gasteiger partial charge in [-0.3, -0.25) is 34.9 Å². The van der Waals surface area contributed by atoms with Crippen LogP contribution in [0.4, 0.5) is 4.39 Å². The summed E-state index contributed by atoms with van der Waals surface area (Å²) in [6, 6.07) is 5.66. The predicted molar refractivity (Wildman–Crippen MR) is 99.6 cm³/mol. The number of carbonyl (C=O) groups excluding carboxylic acids is 4. The van der Waals surface area contributed by atoms with Crippen molar-refractivity contribution in [2.45, 2.75) is 45.1 Å². The highest BCUT2D eigenvalue weighted by Crippen LogP contribution is 2.37. The van der Waals surface area contributed by atoms with E-state index in [-0.39, 0.29) is 42.4 Å². The van der Waals surface area contributed by atoms with Gasteiger partial charge in [0.05, 0.1) is 11.8 Å². The SMILES string of the molecule is C[C@H](Oc1ccccc1F)C(=O)NNC(=O)CCN1C(=O)[C@H]2CCCC[C@@H]2C1=O. The standard InChI is InChI=1S/C20H24FN3O5/c1-12(29-16-9-5-4-8-15(16)21)18(26)23-22-17(25)10-11-24-19(27)13-6-2-3-7-14(13)20(24)28/h4-5,8-9,12-14H,2-3,6-7,10-11H2,1H3,(H,22,25)(H,23,26)/t12-,13-,14-/m0/s1. The molecule has 3 atom stereocenters. The van der Waals surface area contributed by atoms with Crippen molar-refractivity contribution in [3.63, 3.8) is 0 Å². The van der Waals surface area contributed by atoms with Crippen molar-refractivity contribution in [2.75, 3.05) is 6.54 Å². The van der Waals surface area contributed by atoms with E-state index in [4.69, 9.17) is 4.74 Å². The van der Waals surface area contributed by atoms with Crippen LogP contribution in [0.5, 0.6) is 5.75 Å². The van der Waals surface area contributed by atoms with Gasteiger partial charge in [-0.15, -0.1) is 0 Å². The smallest absolute Gasteiger partial charge is 0.279 e. The molecular formula is C20H24FN3O5. The molecule has 29 heavy (non-hydrogen) atoms. The lowest BCUT2D eigenvalue weighted by Crippen LogP contribution is -2.48. The van der Waals surface area contributed by atoms with Gasteiger partial charge in [0.1, 0.15) is 0 Å². The van der Waals surface area contributed by atoms with Crippen molar-refractivity contribution < 1.29 is 28.3 Å². The Labute approximate surface area is 167 Å². The number of ether oxygens (including phenoxy) is 1. The fourth-order valence-corrected chi connectivity index (χ4v) is 3.74. The number of carbonyl (C=O) groups is 4. The van der Waals surface area contributed by atoms with Crippen LogP contribution in [-0.2, 0) is 19.2 Å². The number of amides is 4. The van der Waals surface area contributed by atoms with Crippen LogP contribution in [-0.4, -0.2) is 41.2 Å². The molecule has 2 N–H and O–H groups in total. The van der Waals surface area contributed by atoms with Crippen molar-refractivity contribution in [1.29, 1.82) is 0 Å². The molecule has 1 aromatic carbocycles. The van der Waals surface area contributed by atoms with Crippen LogP contribution in [0.1, 0.15) is 39.0 Å². The van der Waals surface area contributed by atoms with Crippen molar-refractivity contribution in [3.8, 4) is 5.75 Å². The number of halogens is 1. The molecule has 1 saturated heterocycles. The Morgan fingerprint density at radius 3 is 2.38 bits per heavy atom. The van der Waals surface area contributed by atoms with E-state index < -0.39 is 23.7 Å². The quantitative estimate of drug-likeness (QED) is 0.548. The van der Waals surface area contributed by atoms with Gasteiger partial charge in [0, 0.05) is 13.0 Å². The van der Waals surface area contributed by atoms with Crippen LogP contribution in [0.15, 0.2) is 24.3 Å². The highest BCUT2D eigenvalue weighted by Gasteiger charge is 2.47. The van der Waals surface area contributed by atoms with Crippen molar-refractivity contribution >= 4 is 23.6 Å². The molecule has 0 bridgehead atoms. The maximum absolute atomic E-state index is 13.6. The lowest BCUT2D eigenvalue weighted by Gasteiger charge is -2.19. The molecule has 8 nitrogen and oxygen atoms in total. The molecule has 3 rings (SSSR count). The van der Waals surface area contributed by atoms with Gasteiger partial charge in [0.25, 0.3) is 5.91 Å². The Hall–Kier alpha value is -2.97. The number of nitrogens with one attached hydrogen (secondary N) is 2. The average molecular weight is 405 g/mol. The maximum atomic E-state index is 13.6. The average Bonchev–Trinajstić information content (AvgIpc) is 2.96. The minimum absolute atomic E-state index is 0.0202. The number of nitrogens with zero attached hydrogens (tertiary/aromatic N) is 1. The highest BCUT2D eigenvalue weighted by atomic mass is 19.1. The molecule has 1 aliphatic heterocycles. The molecule has 1 aromatic rings. The summed E-state index contributed by atoms with van der Waals surface area (Å²) in [5.41, 5.74) is 4.41. The van der Waals surface area contributed by atoms with E-state index in [0.29, 0.717) is 12.8 Å². The fraction of sp³-hybridized carbons (Fsp3) is 0.500. The zero-order chi connectivity index (χ0) is 21.0. The summed E-state index contributed by atoms with van der Waals surface area (Å²) in [4.78, 5) is 49.9. The summed E-state index contributed by atoms with van der Waals surface area (Å²) in [6.45, 7) is 1.39. The third-order valence-electron chi connectivity index (χ3n) is 5.33. The zero-order valence-corrected chi connectivity index (χ0v) is 16.2. The monoisotopic (exact) mass is 405 g/mol. The summed E-state index contributed by atoms with van der Waals surface area (Å²) in [6.07, 6.45) is 2.14. The van der Waals surface area contributed by atoms with E-state index in [9.17, 15) is 23.6 Å². The molecule has 0 radical (unpaired) electrons. The predicted octanol–water partition coefficient (Wildman–Crippen LogP) is 1.31. The van der Waals surface area contributed by atoms with Gasteiger partial charge in [-0.25, -0.2) is 4.39 Å². The second-order valence-corrected chi connectivity index (χ2v) is 7.30. The normalized spacial score (nSPS) is 22.1. The van der Waals surface area contributed by atoms with Gasteiger partial charge in [-0.1, -0.05) is 25.0 Å². The van der Waals surface area contributed by atoms with Crippen LogP contribution in [0.3, 0.4) is 0 Å². The molecular weight excluding hydrogens is 381 g/mol. The van der Waals surface area contributed by atoms with Gasteiger partial charge in [0.2, 0.25) is 17.7 Å². The van der Waals surface area contributed by atoms with Crippen molar-refractivity contribution in [3.05, 3.63) is 30.1 Å². The number of imide groups is 1. The molecule has 156 valence electrons. The van der Waals surface area contributed by atoms with E-state index in [1.807, 2.05) is 0 Å². The van der Waals surface area contributed by atoms with Crippen LogP contribution in [0, 0.1) is 17.7 Å². The second-order valence-electron chi connectivity index (χ2n) is 7.30. The third kappa shape index (κ3) is 4.72. The Kier molecular flexibility index (Phi) is 6.46. The fourth-order valence-electron chi connectivity index (χ4n) is 3.74. The Bertz CT molecular complexity index is 791. The van der Waals surface area contributed by atoms with Crippen molar-refractivity contribution in [2.24, 2.45) is 11.8 Å². The molecule has 4 amide bonds. The van der Waals surface area contributed by atoms with Crippen LogP contribution >= 0.6 is 0 Å². The molecule has 0 unspecified atom stereocenters. The number of hydrogen-bond acceptors (Lipinski definition) is 5. The summed E-state index contributed by atoms with van der Waals surface area (Å²) < 4.78 is 18.8. The first-order valence-electron chi connectivity index (χ1n) is 9.73. The van der Waals surface area contributed by atoms with Gasteiger partial charge in [0.15, 0.2) is 17.7 Å². The first-order chi connectivity index (χ1) is 13.9. The molecule has 2 aliphatic rings. The minimum atomic E-state index is -1.04. The van der Waals surface area contributed by atoms with E-state index in [1.54, 1.807) is 6.07 Å². The lowest BCUT2D eigenvalue weighted by molar-refractivity contribution is -0.140. The molecule has 0 aromatic heterocycles. The summed E-state index contributed by atoms with van der Waals surface area (Å²) in [5, 5.41) is 0. The van der Waals surface area contributed by atoms with E-state index in [1.165, 1.54) is 25.1 Å². The highest BCUT2D eigenvalue weighted by molar-refractivity contribution is 6.05. The molecule has 1 saturated carbocycles. The maximum Gasteiger partial charge on any atom is 0.279 e. The van der Waals surface area contributed by atoms with Crippen LogP contribution in [0.2, 0.25) is 0 Å². The van der Waals surface area contributed by atoms with Crippen LogP contribution in [0.25, 0.3) is 0 Å². The first-order valence-corrected chi connectivity index (χ1v) is 9.73. The number of likely N-dealkylation sites (tertiary alicyclic amines) is 1. The molecule has 9 heteroatoms. The van der Waals surface area contributed by atoms with Gasteiger partial charge in [-0.05, 0) is 31.9 Å². The Balaban J connectivity index is 1.43. The number of hydrogen-bond donors (Lipinski definition) is 2. The number of fused-ring (bicyclic) bond motifs is 1. The Morgan fingerprint density at radius 1 is 1.14 bits per heavy atom. The third-order valence-corrected chi connectivity index (χ3v) is 5.33. The second kappa shape index (κ2) is 9.02. The van der Waals surface area contributed by atoms with Gasteiger partial charge in [-0.2, -0.15) is 0 Å². The van der Waals surface area contributed by atoms with Gasteiger partial charge < -0.3 is 4.74 Å². The largest absolute Gasteiger partial charge is 0.478 e. The molecule has 0 spiro atoms. The van der Waals surface area contributed by atoms with Crippen molar-refractivity contribution in [1.82, 2.24) is 15.8 Å². The number of rotatable bonds is 6. The number of benzene rings is 1. The van der Waals surface area contributed by atoms with E-state index in [0.717, 1.165) is 17.7 Å². The summed E-state index contributed by atoms with van der Waals surface area (Å²) in [7, 11) is 0. The summed E-state index contributed by atoms with van der Waals surface area (Å²) >= 11 is 0. The molecule has 2 fully saturated rings. The molecule has 1 aliphatic carbocycles. The zero-order valence-electron chi connectivity index (χ0n) is 16.2. The van der Waals surface area contributed by atoms with Gasteiger partial charge >= 0.3 is 0 Å². The van der Waals surface area contributed by atoms with Crippen LogP contribution < -0.4 is 15.6 Å². The van der Waals surface area contributed by atoms with E-state index >= 15 is 0 Å². The number of para-hydroxylation sites is 1. The summed E-state index contributed by atoms with van der Waals surface area (Å²) in [5.74, 6) is -2.81. The Morgan fingerprint density at radius 2 is 1.76 bits per heavy atom. The molecule has 1 heterocycles. The minimum Gasteiger partial charge on any atom is -0.478 e.